The fourth-order valence-corrected chi connectivity index (χ4v) is 1.11. The minimum atomic E-state index is -0.0383. The third-order valence-electron chi connectivity index (χ3n) is 1.74. The highest BCUT2D eigenvalue weighted by Gasteiger charge is 2.07. The van der Waals surface area contributed by atoms with Gasteiger partial charge in [-0.1, -0.05) is 0 Å². The first kappa shape index (κ1) is 8.36. The second-order valence-electron chi connectivity index (χ2n) is 2.65. The Hall–Kier alpha value is -2.24. The summed E-state index contributed by atoms with van der Waals surface area (Å²) in [6, 6.07) is 1.64. The second-order valence-corrected chi connectivity index (χ2v) is 2.65. The van der Waals surface area contributed by atoms with E-state index in [1.807, 2.05) is 0 Å². The Morgan fingerprint density at radius 1 is 1.43 bits per heavy atom. The van der Waals surface area contributed by atoms with Gasteiger partial charge in [0.15, 0.2) is 5.82 Å². The fraction of sp³-hybridized carbons (Fsp3) is 0. The Bertz CT molecular complexity index is 447. The van der Waals surface area contributed by atoms with Gasteiger partial charge in [-0.3, -0.25) is 9.98 Å². The van der Waals surface area contributed by atoms with E-state index in [9.17, 15) is 0 Å². The van der Waals surface area contributed by atoms with E-state index in [2.05, 4.69) is 15.2 Å². The standard InChI is InChI=1S/C8H8N6/c9-7(10)6-1-2-12-13-8(6)14-4-3-11-5-14/h1-5H,(H3,9,10). The second kappa shape index (κ2) is 3.25. The Morgan fingerprint density at radius 3 is 2.93 bits per heavy atom. The molecule has 70 valence electrons. The molecule has 0 fully saturated rings. The SMILES string of the molecule is N=C(N)c1ccnnc1-n1ccnc1. The molecule has 0 saturated heterocycles. The first-order valence-corrected chi connectivity index (χ1v) is 3.93. The zero-order valence-electron chi connectivity index (χ0n) is 7.25. The number of hydrogen-bond acceptors (Lipinski definition) is 4. The number of nitrogens with zero attached hydrogens (tertiary/aromatic N) is 4. The fourth-order valence-electron chi connectivity index (χ4n) is 1.11. The van der Waals surface area contributed by atoms with E-state index in [0.29, 0.717) is 11.4 Å². The van der Waals surface area contributed by atoms with E-state index in [-0.39, 0.29) is 5.84 Å². The smallest absolute Gasteiger partial charge is 0.171 e. The number of hydrogen-bond donors (Lipinski definition) is 2. The van der Waals surface area contributed by atoms with Crippen LogP contribution in [0.5, 0.6) is 0 Å². The van der Waals surface area contributed by atoms with Gasteiger partial charge in [-0.15, -0.1) is 5.10 Å². The van der Waals surface area contributed by atoms with Crippen LogP contribution in [-0.4, -0.2) is 25.6 Å². The molecule has 0 radical (unpaired) electrons. The molecule has 0 aromatic carbocycles. The zero-order chi connectivity index (χ0) is 9.97. The summed E-state index contributed by atoms with van der Waals surface area (Å²) in [5.74, 6) is 0.473. The number of imidazole rings is 1. The third kappa shape index (κ3) is 1.33. The Morgan fingerprint density at radius 2 is 2.29 bits per heavy atom. The van der Waals surface area contributed by atoms with Crippen LogP contribution >= 0.6 is 0 Å². The van der Waals surface area contributed by atoms with Crippen molar-refractivity contribution < 1.29 is 0 Å². The molecular weight excluding hydrogens is 180 g/mol. The summed E-state index contributed by atoms with van der Waals surface area (Å²) >= 11 is 0. The highest BCUT2D eigenvalue weighted by atomic mass is 15.2. The normalized spacial score (nSPS) is 10.0. The summed E-state index contributed by atoms with van der Waals surface area (Å²) in [6.07, 6.45) is 6.42. The third-order valence-corrected chi connectivity index (χ3v) is 1.74. The minimum absolute atomic E-state index is 0.0383. The summed E-state index contributed by atoms with van der Waals surface area (Å²) in [5, 5.41) is 15.0. The molecule has 3 N–H and O–H groups in total. The molecule has 2 heterocycles. The molecule has 0 bridgehead atoms. The molecular formula is C8H8N6. The van der Waals surface area contributed by atoms with Crippen LogP contribution in [0.25, 0.3) is 5.82 Å². The number of amidine groups is 1. The van der Waals surface area contributed by atoms with Gasteiger partial charge in [-0.2, -0.15) is 5.10 Å². The lowest BCUT2D eigenvalue weighted by atomic mass is 10.2. The number of nitrogens with one attached hydrogen (secondary N) is 1. The van der Waals surface area contributed by atoms with Gasteiger partial charge in [0.05, 0.1) is 11.8 Å². The van der Waals surface area contributed by atoms with Gasteiger partial charge in [-0.25, -0.2) is 4.98 Å². The summed E-state index contributed by atoms with van der Waals surface area (Å²) in [7, 11) is 0. The summed E-state index contributed by atoms with van der Waals surface area (Å²) in [6.45, 7) is 0. The molecule has 6 nitrogen and oxygen atoms in total. The van der Waals surface area contributed by atoms with E-state index in [4.69, 9.17) is 11.1 Å². The minimum Gasteiger partial charge on any atom is -0.384 e. The van der Waals surface area contributed by atoms with E-state index >= 15 is 0 Å². The van der Waals surface area contributed by atoms with Crippen molar-refractivity contribution in [2.75, 3.05) is 0 Å². The van der Waals surface area contributed by atoms with Gasteiger partial charge in [-0.05, 0) is 6.07 Å². The lowest BCUT2D eigenvalue weighted by Gasteiger charge is -2.04. The van der Waals surface area contributed by atoms with Crippen molar-refractivity contribution in [3.63, 3.8) is 0 Å². The van der Waals surface area contributed by atoms with Crippen LogP contribution in [0.15, 0.2) is 31.0 Å². The van der Waals surface area contributed by atoms with Crippen molar-refractivity contribution in [1.82, 2.24) is 19.7 Å². The lowest BCUT2D eigenvalue weighted by Crippen LogP contribution is -2.15. The molecule has 0 unspecified atom stereocenters. The molecule has 0 saturated carbocycles. The molecule has 0 aliphatic rings. The Balaban J connectivity index is 2.58. The largest absolute Gasteiger partial charge is 0.384 e. The highest BCUT2D eigenvalue weighted by molar-refractivity contribution is 5.97. The topological polar surface area (TPSA) is 93.5 Å². The van der Waals surface area contributed by atoms with Gasteiger partial charge in [0.25, 0.3) is 0 Å². The van der Waals surface area contributed by atoms with Crippen molar-refractivity contribution in [2.45, 2.75) is 0 Å². The zero-order valence-corrected chi connectivity index (χ0v) is 7.25. The van der Waals surface area contributed by atoms with E-state index < -0.39 is 0 Å². The molecule has 0 atom stereocenters. The number of rotatable bonds is 2. The van der Waals surface area contributed by atoms with E-state index in [0.717, 1.165) is 0 Å². The molecule has 2 aromatic heterocycles. The van der Waals surface area contributed by atoms with Crippen molar-refractivity contribution in [3.05, 3.63) is 36.5 Å². The quantitative estimate of drug-likeness (QED) is 0.510. The summed E-state index contributed by atoms with van der Waals surface area (Å²) in [4.78, 5) is 3.88. The van der Waals surface area contributed by atoms with Gasteiger partial charge in [0.1, 0.15) is 12.2 Å². The van der Waals surface area contributed by atoms with Crippen LogP contribution in [0.3, 0.4) is 0 Å². The molecule has 0 aliphatic heterocycles. The van der Waals surface area contributed by atoms with E-state index in [1.165, 1.54) is 6.20 Å². The molecule has 6 heteroatoms. The monoisotopic (exact) mass is 188 g/mol. The van der Waals surface area contributed by atoms with Crippen LogP contribution < -0.4 is 5.73 Å². The van der Waals surface area contributed by atoms with Crippen molar-refractivity contribution in [1.29, 1.82) is 5.41 Å². The summed E-state index contributed by atoms with van der Waals surface area (Å²) in [5.41, 5.74) is 5.94. The van der Waals surface area contributed by atoms with Crippen LogP contribution in [0.4, 0.5) is 0 Å². The molecule has 0 amide bonds. The highest BCUT2D eigenvalue weighted by Crippen LogP contribution is 2.08. The number of nitrogens with two attached hydrogens (primary N) is 1. The first-order chi connectivity index (χ1) is 6.79. The van der Waals surface area contributed by atoms with Crippen LogP contribution in [0.2, 0.25) is 0 Å². The lowest BCUT2D eigenvalue weighted by molar-refractivity contribution is 0.907. The number of nitrogen functional groups attached to an aromatic ring is 1. The van der Waals surface area contributed by atoms with Crippen molar-refractivity contribution >= 4 is 5.84 Å². The maximum Gasteiger partial charge on any atom is 0.171 e. The van der Waals surface area contributed by atoms with Crippen LogP contribution in [0.1, 0.15) is 5.56 Å². The summed E-state index contributed by atoms with van der Waals surface area (Å²) < 4.78 is 1.66. The molecule has 0 spiro atoms. The van der Waals surface area contributed by atoms with Gasteiger partial charge in [0.2, 0.25) is 0 Å². The first-order valence-electron chi connectivity index (χ1n) is 3.93. The predicted octanol–water partition coefficient (Wildman–Crippen LogP) is -0.0536. The predicted molar refractivity (Wildman–Crippen MR) is 50.2 cm³/mol. The average molecular weight is 188 g/mol. The molecule has 0 aliphatic carbocycles. The Kier molecular flexibility index (Phi) is 1.94. The van der Waals surface area contributed by atoms with Gasteiger partial charge < -0.3 is 5.73 Å². The Labute approximate surface area is 79.9 Å². The molecule has 2 aromatic rings. The van der Waals surface area contributed by atoms with Crippen LogP contribution in [0, 0.1) is 5.41 Å². The van der Waals surface area contributed by atoms with Crippen molar-refractivity contribution in [2.24, 2.45) is 5.73 Å². The molecule has 2 rings (SSSR count). The van der Waals surface area contributed by atoms with Gasteiger partial charge in [0, 0.05) is 12.4 Å². The molecule has 14 heavy (non-hydrogen) atoms. The van der Waals surface area contributed by atoms with Gasteiger partial charge >= 0.3 is 0 Å². The average Bonchev–Trinajstić information content (AvgIpc) is 2.70. The number of aromatic nitrogens is 4. The maximum absolute atomic E-state index is 7.35. The van der Waals surface area contributed by atoms with Crippen LogP contribution in [-0.2, 0) is 0 Å². The van der Waals surface area contributed by atoms with E-state index in [1.54, 1.807) is 29.4 Å². The van der Waals surface area contributed by atoms with Crippen molar-refractivity contribution in [3.8, 4) is 5.82 Å². The maximum atomic E-state index is 7.35.